The van der Waals surface area contributed by atoms with Gasteiger partial charge in [0.15, 0.2) is 0 Å². The molecule has 112 valence electrons. The zero-order valence-corrected chi connectivity index (χ0v) is 14.0. The van der Waals surface area contributed by atoms with Crippen LogP contribution in [0.5, 0.6) is 0 Å². The van der Waals surface area contributed by atoms with Gasteiger partial charge in [-0.3, -0.25) is 0 Å². The highest BCUT2D eigenvalue weighted by Crippen LogP contribution is 2.33. The van der Waals surface area contributed by atoms with Crippen molar-refractivity contribution in [3.05, 3.63) is 29.0 Å². The van der Waals surface area contributed by atoms with Gasteiger partial charge in [-0.05, 0) is 37.5 Å². The van der Waals surface area contributed by atoms with E-state index in [1.807, 2.05) is 0 Å². The van der Waals surface area contributed by atoms with E-state index in [1.165, 1.54) is 10.4 Å². The number of hydrogen-bond donors (Lipinski definition) is 0. The van der Waals surface area contributed by atoms with E-state index in [1.54, 1.807) is 0 Å². The van der Waals surface area contributed by atoms with Crippen LogP contribution in [0.25, 0.3) is 0 Å². The number of halogens is 3. The summed E-state index contributed by atoms with van der Waals surface area (Å²) in [6, 6.07) is 3.46. The summed E-state index contributed by atoms with van der Waals surface area (Å²) < 4.78 is 40.2. The van der Waals surface area contributed by atoms with Crippen molar-refractivity contribution in [1.29, 1.82) is 0 Å². The summed E-state index contributed by atoms with van der Waals surface area (Å²) in [5.41, 5.74) is 0. The Hall–Kier alpha value is -0.170. The topological polar surface area (TPSA) is 37.4 Å². The molecule has 0 atom stereocenters. The maximum atomic E-state index is 13.3. The summed E-state index contributed by atoms with van der Waals surface area (Å²) in [5, 5.41) is 0.789. The van der Waals surface area contributed by atoms with Crippen molar-refractivity contribution in [1.82, 2.24) is 4.31 Å². The fraction of sp³-hybridized carbons (Fsp3) is 0.538. The molecule has 0 aliphatic heterocycles. The molecule has 0 unspecified atom stereocenters. The Kier molecular flexibility index (Phi) is 5.45. The molecule has 0 heterocycles. The average Bonchev–Trinajstić information content (AvgIpc) is 2.34. The van der Waals surface area contributed by atoms with E-state index in [0.29, 0.717) is 13.0 Å². The Bertz CT molecular complexity index is 578. The largest absolute Gasteiger partial charge is 0.244 e. The molecule has 1 aliphatic rings. The maximum absolute atomic E-state index is 13.3. The van der Waals surface area contributed by atoms with Crippen LogP contribution in [-0.4, -0.2) is 30.6 Å². The standard InChI is InChI=1S/C13H16BrClFNO2S/c14-7-2-8-17(11-3-1-4-11)20(18,19)13-9-10(16)5-6-12(13)15/h5-6,9,11H,1-4,7-8H2. The number of nitrogens with zero attached hydrogens (tertiary/aromatic N) is 1. The van der Waals surface area contributed by atoms with Crippen molar-refractivity contribution in [3.8, 4) is 0 Å². The van der Waals surface area contributed by atoms with Gasteiger partial charge in [-0.15, -0.1) is 0 Å². The van der Waals surface area contributed by atoms with Gasteiger partial charge in [0, 0.05) is 17.9 Å². The number of benzene rings is 1. The van der Waals surface area contributed by atoms with Gasteiger partial charge in [-0.25, -0.2) is 12.8 Å². The van der Waals surface area contributed by atoms with Crippen LogP contribution in [-0.2, 0) is 10.0 Å². The van der Waals surface area contributed by atoms with Gasteiger partial charge in [-0.2, -0.15) is 4.31 Å². The summed E-state index contributed by atoms with van der Waals surface area (Å²) in [5.74, 6) is -0.595. The second-order valence-corrected chi connectivity index (χ2v) is 7.88. The van der Waals surface area contributed by atoms with Crippen LogP contribution in [0.4, 0.5) is 4.39 Å². The van der Waals surface area contributed by atoms with Gasteiger partial charge >= 0.3 is 0 Å². The number of rotatable bonds is 6. The Morgan fingerprint density at radius 3 is 2.65 bits per heavy atom. The van der Waals surface area contributed by atoms with E-state index in [2.05, 4.69) is 15.9 Å². The molecular formula is C13H16BrClFNO2S. The van der Waals surface area contributed by atoms with Crippen molar-refractivity contribution in [2.45, 2.75) is 36.6 Å². The fourth-order valence-corrected chi connectivity index (χ4v) is 4.65. The first-order valence-electron chi connectivity index (χ1n) is 6.49. The molecule has 20 heavy (non-hydrogen) atoms. The van der Waals surface area contributed by atoms with E-state index in [-0.39, 0.29) is 16.0 Å². The molecular weight excluding hydrogens is 369 g/mol. The van der Waals surface area contributed by atoms with Gasteiger partial charge in [0.1, 0.15) is 10.7 Å². The van der Waals surface area contributed by atoms with Gasteiger partial charge < -0.3 is 0 Å². The fourth-order valence-electron chi connectivity index (χ4n) is 2.19. The molecule has 1 aromatic rings. The summed E-state index contributed by atoms with van der Waals surface area (Å²) in [6.07, 6.45) is 3.45. The molecule has 0 amide bonds. The number of alkyl halides is 1. The zero-order valence-electron chi connectivity index (χ0n) is 10.9. The van der Waals surface area contributed by atoms with Gasteiger partial charge in [0.25, 0.3) is 0 Å². The molecule has 1 fully saturated rings. The third-order valence-electron chi connectivity index (χ3n) is 3.47. The van der Waals surface area contributed by atoms with Crippen molar-refractivity contribution < 1.29 is 12.8 Å². The molecule has 0 spiro atoms. The highest BCUT2D eigenvalue weighted by Gasteiger charge is 2.35. The molecule has 0 saturated heterocycles. The minimum atomic E-state index is -3.75. The third-order valence-corrected chi connectivity index (χ3v) is 6.47. The molecule has 0 radical (unpaired) electrons. The molecule has 2 rings (SSSR count). The monoisotopic (exact) mass is 383 g/mol. The predicted octanol–water partition coefficient (Wildman–Crippen LogP) is 3.81. The molecule has 1 saturated carbocycles. The third kappa shape index (κ3) is 3.35. The van der Waals surface area contributed by atoms with Crippen molar-refractivity contribution in [2.75, 3.05) is 11.9 Å². The normalized spacial score (nSPS) is 16.4. The lowest BCUT2D eigenvalue weighted by Gasteiger charge is -2.36. The molecule has 0 bridgehead atoms. The van der Waals surface area contributed by atoms with Crippen LogP contribution in [0, 0.1) is 5.82 Å². The predicted molar refractivity (Wildman–Crippen MR) is 81.4 cm³/mol. The summed E-state index contributed by atoms with van der Waals surface area (Å²) >= 11 is 9.25. The number of hydrogen-bond acceptors (Lipinski definition) is 2. The molecule has 7 heteroatoms. The lowest BCUT2D eigenvalue weighted by molar-refractivity contribution is 0.220. The summed E-state index contributed by atoms with van der Waals surface area (Å²) in [4.78, 5) is -0.138. The highest BCUT2D eigenvalue weighted by molar-refractivity contribution is 9.09. The lowest BCUT2D eigenvalue weighted by Crippen LogP contribution is -2.44. The lowest BCUT2D eigenvalue weighted by atomic mass is 9.93. The first-order chi connectivity index (χ1) is 9.46. The van der Waals surface area contributed by atoms with E-state index in [9.17, 15) is 12.8 Å². The first-order valence-corrected chi connectivity index (χ1v) is 9.43. The van der Waals surface area contributed by atoms with Crippen LogP contribution >= 0.6 is 27.5 Å². The van der Waals surface area contributed by atoms with Crippen LogP contribution in [0.15, 0.2) is 23.1 Å². The minimum Gasteiger partial charge on any atom is -0.207 e. The molecule has 0 aromatic heterocycles. The average molecular weight is 385 g/mol. The zero-order chi connectivity index (χ0) is 14.8. The Labute approximate surface area is 132 Å². The Balaban J connectivity index is 2.36. The highest BCUT2D eigenvalue weighted by atomic mass is 79.9. The Morgan fingerprint density at radius 1 is 1.40 bits per heavy atom. The smallest absolute Gasteiger partial charge is 0.207 e. The molecule has 3 nitrogen and oxygen atoms in total. The SMILES string of the molecule is O=S(=O)(c1cc(F)ccc1Cl)N(CCCBr)C1CCC1. The van der Waals surface area contributed by atoms with Crippen molar-refractivity contribution in [2.24, 2.45) is 0 Å². The van der Waals surface area contributed by atoms with Crippen LogP contribution in [0.1, 0.15) is 25.7 Å². The van der Waals surface area contributed by atoms with E-state index < -0.39 is 15.8 Å². The molecule has 1 aliphatic carbocycles. The second kappa shape index (κ2) is 6.73. The molecule has 1 aromatic carbocycles. The second-order valence-electron chi connectivity index (χ2n) is 4.82. The van der Waals surface area contributed by atoms with Crippen molar-refractivity contribution in [3.63, 3.8) is 0 Å². The van der Waals surface area contributed by atoms with Crippen LogP contribution < -0.4 is 0 Å². The first kappa shape index (κ1) is 16.2. The Morgan fingerprint density at radius 2 is 2.10 bits per heavy atom. The summed E-state index contributed by atoms with van der Waals surface area (Å²) in [6.45, 7) is 0.422. The molecule has 0 N–H and O–H groups in total. The van der Waals surface area contributed by atoms with E-state index in [4.69, 9.17) is 11.6 Å². The van der Waals surface area contributed by atoms with Crippen LogP contribution in [0.3, 0.4) is 0 Å². The van der Waals surface area contributed by atoms with E-state index >= 15 is 0 Å². The van der Waals surface area contributed by atoms with Gasteiger partial charge in [0.2, 0.25) is 10.0 Å². The van der Waals surface area contributed by atoms with Gasteiger partial charge in [-0.1, -0.05) is 34.0 Å². The summed E-state index contributed by atoms with van der Waals surface area (Å²) in [7, 11) is -3.75. The van der Waals surface area contributed by atoms with E-state index in [0.717, 1.165) is 36.7 Å². The quantitative estimate of drug-likeness (QED) is 0.699. The van der Waals surface area contributed by atoms with Gasteiger partial charge in [0.05, 0.1) is 5.02 Å². The number of sulfonamides is 1. The maximum Gasteiger partial charge on any atom is 0.244 e. The van der Waals surface area contributed by atoms with Crippen LogP contribution in [0.2, 0.25) is 5.02 Å². The van der Waals surface area contributed by atoms with Crippen molar-refractivity contribution >= 4 is 37.6 Å². The minimum absolute atomic E-state index is 0.0124.